The van der Waals surface area contributed by atoms with E-state index in [4.69, 9.17) is 0 Å². The number of halogens is 1. The second-order valence-corrected chi connectivity index (χ2v) is 6.59. The number of hydrogen-bond acceptors (Lipinski definition) is 0. The van der Waals surface area contributed by atoms with Crippen LogP contribution in [0.4, 0.5) is 0 Å². The van der Waals surface area contributed by atoms with Crippen LogP contribution in [0.3, 0.4) is 0 Å². The minimum absolute atomic E-state index is 1.08. The fraction of sp³-hybridized carbons (Fsp3) is 1.00. The summed E-state index contributed by atoms with van der Waals surface area (Å²) in [5.41, 5.74) is 0. The fourth-order valence-corrected chi connectivity index (χ4v) is 1.82. The first-order chi connectivity index (χ1) is 6.27. The maximum Gasteiger partial charge on any atom is 0.0836 e. The van der Waals surface area contributed by atoms with Crippen LogP contribution in [0.5, 0.6) is 0 Å². The number of quaternary nitrogens is 2. The normalized spacial score (nSPS) is 13.3. The third kappa shape index (κ3) is 8.97. The van der Waals surface area contributed by atoms with Crippen molar-refractivity contribution in [3.05, 3.63) is 0 Å². The molecule has 0 heterocycles. The van der Waals surface area contributed by atoms with E-state index in [1.54, 1.807) is 0 Å². The Labute approximate surface area is 98.2 Å². The van der Waals surface area contributed by atoms with Gasteiger partial charge in [0, 0.05) is 18.2 Å². The molecule has 0 unspecified atom stereocenters. The lowest BCUT2D eigenvalue weighted by molar-refractivity contribution is -0.902. The SMILES string of the molecule is C[N+](C)(C)CCC[N+](C)(C)CCCBr. The molecule has 0 saturated heterocycles. The van der Waals surface area contributed by atoms with Crippen molar-refractivity contribution >= 4 is 15.9 Å². The van der Waals surface area contributed by atoms with Gasteiger partial charge in [0.2, 0.25) is 0 Å². The van der Waals surface area contributed by atoms with Crippen molar-refractivity contribution in [1.82, 2.24) is 0 Å². The smallest absolute Gasteiger partial charge is 0.0836 e. The van der Waals surface area contributed by atoms with Crippen molar-refractivity contribution in [3.63, 3.8) is 0 Å². The van der Waals surface area contributed by atoms with Crippen molar-refractivity contribution in [1.29, 1.82) is 0 Å². The van der Waals surface area contributed by atoms with E-state index in [0.717, 1.165) is 14.3 Å². The predicted octanol–water partition coefficient (Wildman–Crippen LogP) is 1.94. The molecule has 0 fully saturated rings. The molecule has 0 aromatic heterocycles. The summed E-state index contributed by atoms with van der Waals surface area (Å²) >= 11 is 3.49. The molecule has 3 heteroatoms. The van der Waals surface area contributed by atoms with E-state index in [-0.39, 0.29) is 0 Å². The topological polar surface area (TPSA) is 0 Å². The van der Waals surface area contributed by atoms with Gasteiger partial charge in [-0.3, -0.25) is 0 Å². The highest BCUT2D eigenvalue weighted by Gasteiger charge is 2.16. The molecule has 86 valence electrons. The maximum absolute atomic E-state index is 3.49. The Bertz CT molecular complexity index is 150. The Morgan fingerprint density at radius 1 is 0.786 bits per heavy atom. The molecule has 0 aliphatic rings. The van der Waals surface area contributed by atoms with Crippen LogP contribution in [0.15, 0.2) is 0 Å². The summed E-state index contributed by atoms with van der Waals surface area (Å²) in [4.78, 5) is 0. The Balaban J connectivity index is 3.65. The van der Waals surface area contributed by atoms with E-state index in [0.29, 0.717) is 0 Å². The lowest BCUT2D eigenvalue weighted by Gasteiger charge is -2.31. The van der Waals surface area contributed by atoms with Gasteiger partial charge in [-0.15, -0.1) is 0 Å². The highest BCUT2D eigenvalue weighted by Crippen LogP contribution is 2.04. The van der Waals surface area contributed by atoms with Crippen molar-refractivity contribution in [2.75, 3.05) is 60.2 Å². The molecule has 0 radical (unpaired) electrons. The molecule has 0 rings (SSSR count). The summed E-state index contributed by atoms with van der Waals surface area (Å²) in [5, 5.41) is 1.13. The molecule has 0 amide bonds. The number of nitrogens with zero attached hydrogens (tertiary/aromatic N) is 2. The van der Waals surface area contributed by atoms with E-state index in [1.807, 2.05) is 0 Å². The molecule has 2 nitrogen and oxygen atoms in total. The molecule has 0 aromatic carbocycles. The van der Waals surface area contributed by atoms with E-state index >= 15 is 0 Å². The highest BCUT2D eigenvalue weighted by molar-refractivity contribution is 9.09. The summed E-state index contributed by atoms with van der Waals surface area (Å²) in [6.45, 7) is 3.85. The van der Waals surface area contributed by atoms with Crippen molar-refractivity contribution in [3.8, 4) is 0 Å². The largest absolute Gasteiger partial charge is 0.331 e. The average Bonchev–Trinajstić information content (AvgIpc) is 1.98. The number of hydrogen-bond donors (Lipinski definition) is 0. The van der Waals surface area contributed by atoms with Gasteiger partial charge in [0.15, 0.2) is 0 Å². The Kier molecular flexibility index (Phi) is 6.26. The van der Waals surface area contributed by atoms with Crippen LogP contribution in [-0.4, -0.2) is 69.2 Å². The standard InChI is InChI=1S/C11H27BrN2/c1-13(2,3)9-7-11-14(4,5)10-6-8-12/h6-11H2,1-5H3/q+2. The molecule has 0 bridgehead atoms. The van der Waals surface area contributed by atoms with Gasteiger partial charge in [-0.25, -0.2) is 0 Å². The number of rotatable bonds is 7. The van der Waals surface area contributed by atoms with Crippen LogP contribution in [0.25, 0.3) is 0 Å². The Morgan fingerprint density at radius 2 is 1.29 bits per heavy atom. The van der Waals surface area contributed by atoms with Gasteiger partial charge in [0.25, 0.3) is 0 Å². The van der Waals surface area contributed by atoms with Crippen LogP contribution in [0.1, 0.15) is 12.8 Å². The van der Waals surface area contributed by atoms with Gasteiger partial charge in [-0.1, -0.05) is 15.9 Å². The minimum Gasteiger partial charge on any atom is -0.331 e. The first-order valence-corrected chi connectivity index (χ1v) is 6.57. The molecule has 0 spiro atoms. The van der Waals surface area contributed by atoms with Crippen LogP contribution in [0, 0.1) is 0 Å². The molecule has 0 atom stereocenters. The fourth-order valence-electron chi connectivity index (χ4n) is 1.57. The lowest BCUT2D eigenvalue weighted by Crippen LogP contribution is -2.44. The first-order valence-electron chi connectivity index (χ1n) is 5.45. The van der Waals surface area contributed by atoms with Crippen molar-refractivity contribution in [2.24, 2.45) is 0 Å². The predicted molar refractivity (Wildman–Crippen MR) is 67.8 cm³/mol. The quantitative estimate of drug-likeness (QED) is 0.488. The average molecular weight is 267 g/mol. The summed E-state index contributed by atoms with van der Waals surface area (Å²) in [5.74, 6) is 0. The van der Waals surface area contributed by atoms with E-state index < -0.39 is 0 Å². The summed E-state index contributed by atoms with van der Waals surface area (Å²) < 4.78 is 2.24. The molecule has 0 aliphatic carbocycles. The van der Waals surface area contributed by atoms with Crippen LogP contribution in [-0.2, 0) is 0 Å². The molecule has 0 N–H and O–H groups in total. The van der Waals surface area contributed by atoms with Gasteiger partial charge in [0.05, 0.1) is 54.9 Å². The second-order valence-electron chi connectivity index (χ2n) is 5.79. The van der Waals surface area contributed by atoms with Crippen LogP contribution < -0.4 is 0 Å². The molecular formula is C11H27BrN2+2. The zero-order valence-electron chi connectivity index (χ0n) is 10.5. The zero-order valence-corrected chi connectivity index (χ0v) is 12.1. The van der Waals surface area contributed by atoms with E-state index in [1.165, 1.54) is 32.5 Å². The van der Waals surface area contributed by atoms with Gasteiger partial charge >= 0.3 is 0 Å². The first kappa shape index (κ1) is 14.4. The van der Waals surface area contributed by atoms with Crippen molar-refractivity contribution in [2.45, 2.75) is 12.8 Å². The Hall–Kier alpha value is 0.400. The van der Waals surface area contributed by atoms with Gasteiger partial charge in [0.1, 0.15) is 0 Å². The molecular weight excluding hydrogens is 240 g/mol. The molecule has 14 heavy (non-hydrogen) atoms. The lowest BCUT2D eigenvalue weighted by atomic mass is 10.3. The highest BCUT2D eigenvalue weighted by atomic mass is 79.9. The summed E-state index contributed by atoms with van der Waals surface area (Å²) in [7, 11) is 11.5. The van der Waals surface area contributed by atoms with Gasteiger partial charge in [-0.2, -0.15) is 0 Å². The minimum atomic E-state index is 1.08. The third-order valence-electron chi connectivity index (χ3n) is 2.49. The molecule has 0 aliphatic heterocycles. The monoisotopic (exact) mass is 266 g/mol. The molecule has 0 saturated carbocycles. The zero-order chi connectivity index (χ0) is 11.2. The molecule has 0 aromatic rings. The van der Waals surface area contributed by atoms with Crippen LogP contribution in [0.2, 0.25) is 0 Å². The second kappa shape index (κ2) is 6.09. The van der Waals surface area contributed by atoms with Crippen molar-refractivity contribution < 1.29 is 8.97 Å². The summed E-state index contributed by atoms with van der Waals surface area (Å²) in [6, 6.07) is 0. The van der Waals surface area contributed by atoms with Gasteiger partial charge < -0.3 is 8.97 Å². The Morgan fingerprint density at radius 3 is 1.71 bits per heavy atom. The number of alkyl halides is 1. The maximum atomic E-state index is 3.49. The third-order valence-corrected chi connectivity index (χ3v) is 3.05. The van der Waals surface area contributed by atoms with E-state index in [2.05, 4.69) is 51.2 Å². The van der Waals surface area contributed by atoms with Gasteiger partial charge in [-0.05, 0) is 0 Å². The summed E-state index contributed by atoms with van der Waals surface area (Å²) in [6.07, 6.45) is 2.59. The van der Waals surface area contributed by atoms with E-state index in [9.17, 15) is 0 Å². The van der Waals surface area contributed by atoms with Crippen LogP contribution >= 0.6 is 15.9 Å².